The molecule has 2 aromatic carbocycles. The summed E-state index contributed by atoms with van der Waals surface area (Å²) in [5.41, 5.74) is 3.47. The molecule has 0 unspecified atom stereocenters. The van der Waals surface area contributed by atoms with Gasteiger partial charge in [-0.15, -0.1) is 11.8 Å². The summed E-state index contributed by atoms with van der Waals surface area (Å²) < 4.78 is 0. The summed E-state index contributed by atoms with van der Waals surface area (Å²) in [7, 11) is 0. The highest BCUT2D eigenvalue weighted by atomic mass is 35.5. The van der Waals surface area contributed by atoms with Gasteiger partial charge in [0.1, 0.15) is 11.5 Å². The van der Waals surface area contributed by atoms with Gasteiger partial charge in [0.2, 0.25) is 0 Å². The lowest BCUT2D eigenvalue weighted by atomic mass is 10.1. The molecule has 0 spiro atoms. The molecule has 29 heavy (non-hydrogen) atoms. The van der Waals surface area contributed by atoms with E-state index in [1.54, 1.807) is 24.0 Å². The van der Waals surface area contributed by atoms with Gasteiger partial charge in [-0.2, -0.15) is 5.10 Å². The smallest absolute Gasteiger partial charge is 0.137 e. The maximum absolute atomic E-state index is 10.3. The second-order valence-corrected chi connectivity index (χ2v) is 8.35. The molecular formula is C21H23ClN4O2S. The number of piperazine rings is 1. The van der Waals surface area contributed by atoms with E-state index in [4.69, 9.17) is 11.6 Å². The van der Waals surface area contributed by atoms with Crippen LogP contribution in [0.15, 0.2) is 47.5 Å². The van der Waals surface area contributed by atoms with Crippen molar-refractivity contribution in [2.24, 2.45) is 0 Å². The number of nitrogens with one attached hydrogen (secondary N) is 1. The van der Waals surface area contributed by atoms with E-state index >= 15 is 0 Å². The molecule has 8 heteroatoms. The zero-order valence-corrected chi connectivity index (χ0v) is 17.7. The van der Waals surface area contributed by atoms with Gasteiger partial charge < -0.3 is 15.1 Å². The van der Waals surface area contributed by atoms with Crippen molar-refractivity contribution in [2.75, 3.05) is 37.3 Å². The standard InChI is InChI=1S/C21H23ClN4O2S/c1-29-15-4-2-14(3-5-15)13-25-6-8-26(9-7-25)18-12-23-24-21(18)16-10-17(22)20(28)11-19(16)27/h2-5,10-12,27-28H,6-9,13H2,1H3,(H,23,24). The number of thioether (sulfide) groups is 1. The Bertz CT molecular complexity index is 985. The molecule has 2 heterocycles. The molecule has 1 aliphatic heterocycles. The van der Waals surface area contributed by atoms with Crippen LogP contribution in [0.1, 0.15) is 5.56 Å². The predicted molar refractivity (Wildman–Crippen MR) is 118 cm³/mol. The average Bonchev–Trinajstić information content (AvgIpc) is 3.21. The highest BCUT2D eigenvalue weighted by Crippen LogP contribution is 2.40. The molecule has 0 atom stereocenters. The summed E-state index contributed by atoms with van der Waals surface area (Å²) in [5.74, 6) is -0.183. The van der Waals surface area contributed by atoms with E-state index in [0.29, 0.717) is 11.3 Å². The van der Waals surface area contributed by atoms with Gasteiger partial charge in [-0.3, -0.25) is 10.00 Å². The summed E-state index contributed by atoms with van der Waals surface area (Å²) >= 11 is 7.79. The van der Waals surface area contributed by atoms with Crippen LogP contribution in [0.3, 0.4) is 0 Å². The molecule has 3 aromatic rings. The van der Waals surface area contributed by atoms with Crippen LogP contribution in [0, 0.1) is 0 Å². The number of H-pyrrole nitrogens is 1. The Morgan fingerprint density at radius 3 is 2.48 bits per heavy atom. The van der Waals surface area contributed by atoms with Gasteiger partial charge in [0, 0.05) is 49.2 Å². The number of phenols is 2. The van der Waals surface area contributed by atoms with Crippen molar-refractivity contribution in [3.05, 3.63) is 53.2 Å². The number of anilines is 1. The van der Waals surface area contributed by atoms with Crippen LogP contribution in [-0.4, -0.2) is 57.7 Å². The van der Waals surface area contributed by atoms with E-state index in [1.807, 2.05) is 0 Å². The minimum Gasteiger partial charge on any atom is -0.507 e. The summed E-state index contributed by atoms with van der Waals surface area (Å²) in [6, 6.07) is 11.5. The molecule has 3 N–H and O–H groups in total. The second-order valence-electron chi connectivity index (χ2n) is 7.06. The molecule has 1 aromatic heterocycles. The molecule has 0 saturated carbocycles. The summed E-state index contributed by atoms with van der Waals surface area (Å²) in [4.78, 5) is 5.98. The van der Waals surface area contributed by atoms with Crippen molar-refractivity contribution >= 4 is 29.1 Å². The number of aromatic nitrogens is 2. The van der Waals surface area contributed by atoms with Crippen molar-refractivity contribution in [2.45, 2.75) is 11.4 Å². The molecule has 1 saturated heterocycles. The third-order valence-electron chi connectivity index (χ3n) is 5.23. The molecular weight excluding hydrogens is 408 g/mol. The zero-order chi connectivity index (χ0) is 20.4. The lowest BCUT2D eigenvalue weighted by molar-refractivity contribution is 0.250. The van der Waals surface area contributed by atoms with Crippen molar-refractivity contribution in [3.63, 3.8) is 0 Å². The molecule has 0 bridgehead atoms. The summed E-state index contributed by atoms with van der Waals surface area (Å²) in [5, 5.41) is 27.3. The predicted octanol–water partition coefficient (Wildman–Crippen LogP) is 4.19. The number of benzene rings is 2. The first-order valence-electron chi connectivity index (χ1n) is 9.40. The number of hydrogen-bond acceptors (Lipinski definition) is 6. The number of aromatic hydroxyl groups is 2. The minimum atomic E-state index is -0.145. The Hall–Kier alpha value is -2.35. The number of rotatable bonds is 5. The molecule has 6 nitrogen and oxygen atoms in total. The number of hydrogen-bond donors (Lipinski definition) is 3. The lowest BCUT2D eigenvalue weighted by Gasteiger charge is -2.36. The van der Waals surface area contributed by atoms with E-state index < -0.39 is 0 Å². The van der Waals surface area contributed by atoms with Gasteiger partial charge in [-0.1, -0.05) is 23.7 Å². The topological polar surface area (TPSA) is 75.6 Å². The molecule has 1 fully saturated rings. The van der Waals surface area contributed by atoms with Gasteiger partial charge >= 0.3 is 0 Å². The third-order valence-corrected chi connectivity index (χ3v) is 6.28. The van der Waals surface area contributed by atoms with Crippen LogP contribution in [0.2, 0.25) is 5.02 Å². The lowest BCUT2D eigenvalue weighted by Crippen LogP contribution is -2.46. The number of halogens is 1. The van der Waals surface area contributed by atoms with Gasteiger partial charge in [0.05, 0.1) is 22.6 Å². The summed E-state index contributed by atoms with van der Waals surface area (Å²) in [6.07, 6.45) is 3.86. The Balaban J connectivity index is 1.44. The molecule has 1 aliphatic rings. The van der Waals surface area contributed by atoms with E-state index in [1.165, 1.54) is 16.5 Å². The summed E-state index contributed by atoms with van der Waals surface area (Å²) in [6.45, 7) is 4.55. The highest BCUT2D eigenvalue weighted by molar-refractivity contribution is 7.98. The van der Waals surface area contributed by atoms with Gasteiger partial charge in [0.15, 0.2) is 0 Å². The van der Waals surface area contributed by atoms with Crippen LogP contribution in [0.4, 0.5) is 5.69 Å². The first kappa shape index (κ1) is 19.9. The second kappa shape index (κ2) is 8.57. The minimum absolute atomic E-state index is 0.0373. The first-order chi connectivity index (χ1) is 14.0. The van der Waals surface area contributed by atoms with Crippen LogP contribution in [0.25, 0.3) is 11.3 Å². The quantitative estimate of drug-likeness (QED) is 0.527. The molecule has 0 aliphatic carbocycles. The maximum Gasteiger partial charge on any atom is 0.137 e. The fraction of sp³-hybridized carbons (Fsp3) is 0.286. The van der Waals surface area contributed by atoms with Gasteiger partial charge in [-0.25, -0.2) is 0 Å². The monoisotopic (exact) mass is 430 g/mol. The normalized spacial score (nSPS) is 15.0. The SMILES string of the molecule is CSc1ccc(CN2CCN(c3cn[nH]c3-c3cc(Cl)c(O)cc3O)CC2)cc1. The molecule has 4 rings (SSSR count). The van der Waals surface area contributed by atoms with E-state index in [0.717, 1.165) is 38.4 Å². The highest BCUT2D eigenvalue weighted by Gasteiger charge is 2.23. The molecule has 152 valence electrons. The van der Waals surface area contributed by atoms with Crippen molar-refractivity contribution < 1.29 is 10.2 Å². The van der Waals surface area contributed by atoms with Gasteiger partial charge in [-0.05, 0) is 30.0 Å². The number of aromatic amines is 1. The van der Waals surface area contributed by atoms with Crippen LogP contribution >= 0.6 is 23.4 Å². The molecule has 0 amide bonds. The zero-order valence-electron chi connectivity index (χ0n) is 16.1. The Morgan fingerprint density at radius 1 is 1.07 bits per heavy atom. The van der Waals surface area contributed by atoms with Crippen LogP contribution in [0.5, 0.6) is 11.5 Å². The van der Waals surface area contributed by atoms with E-state index in [9.17, 15) is 10.2 Å². The van der Waals surface area contributed by atoms with Crippen molar-refractivity contribution in [1.82, 2.24) is 15.1 Å². The Morgan fingerprint density at radius 2 is 1.79 bits per heavy atom. The van der Waals surface area contributed by atoms with Crippen molar-refractivity contribution in [1.29, 1.82) is 0 Å². The van der Waals surface area contributed by atoms with E-state index in [2.05, 4.69) is 50.5 Å². The van der Waals surface area contributed by atoms with Crippen LogP contribution in [-0.2, 0) is 6.54 Å². The number of phenolic OH excluding ortho intramolecular Hbond substituents is 2. The fourth-order valence-corrected chi connectivity index (χ4v) is 4.18. The first-order valence-corrected chi connectivity index (χ1v) is 11.0. The Kier molecular flexibility index (Phi) is 5.89. The van der Waals surface area contributed by atoms with Crippen LogP contribution < -0.4 is 4.90 Å². The van der Waals surface area contributed by atoms with Gasteiger partial charge in [0.25, 0.3) is 0 Å². The largest absolute Gasteiger partial charge is 0.507 e. The maximum atomic E-state index is 10.3. The van der Waals surface area contributed by atoms with Crippen molar-refractivity contribution in [3.8, 4) is 22.8 Å². The van der Waals surface area contributed by atoms with E-state index in [-0.39, 0.29) is 16.5 Å². The Labute approximate surface area is 179 Å². The fourth-order valence-electron chi connectivity index (χ4n) is 3.60. The molecule has 0 radical (unpaired) electrons. The average molecular weight is 431 g/mol. The number of nitrogens with zero attached hydrogens (tertiary/aromatic N) is 3. The third kappa shape index (κ3) is 4.32.